The molecule has 2 heterocycles. The minimum Gasteiger partial charge on any atom is -0.338 e. The van der Waals surface area contributed by atoms with Gasteiger partial charge in [-0.3, -0.25) is 9.69 Å². The highest BCUT2D eigenvalue weighted by molar-refractivity contribution is 7.10. The number of hydrogen-bond donors (Lipinski definition) is 0. The van der Waals surface area contributed by atoms with Gasteiger partial charge in [0, 0.05) is 24.5 Å². The molecule has 1 aliphatic rings. The Balaban J connectivity index is 1.68. The Morgan fingerprint density at radius 3 is 2.76 bits per heavy atom. The smallest absolute Gasteiger partial charge is 0.237 e. The lowest BCUT2D eigenvalue weighted by Gasteiger charge is -2.36. The van der Waals surface area contributed by atoms with E-state index < -0.39 is 0 Å². The second-order valence-corrected chi connectivity index (χ2v) is 7.68. The molecule has 0 aliphatic carbocycles. The zero-order chi connectivity index (χ0) is 18.0. The Hall–Kier alpha value is -1.72. The summed E-state index contributed by atoms with van der Waals surface area (Å²) in [4.78, 5) is 18.3. The normalized spacial score (nSPS) is 18.6. The van der Waals surface area contributed by atoms with Gasteiger partial charge in [-0.25, -0.2) is 4.39 Å². The van der Waals surface area contributed by atoms with Crippen LogP contribution in [0.5, 0.6) is 0 Å². The van der Waals surface area contributed by atoms with Crippen molar-refractivity contribution in [3.8, 4) is 0 Å². The molecule has 2 aromatic rings. The molecule has 0 N–H and O–H groups in total. The first-order chi connectivity index (χ1) is 12.0. The largest absolute Gasteiger partial charge is 0.338 e. The third-order valence-corrected chi connectivity index (χ3v) is 6.25. The lowest BCUT2D eigenvalue weighted by molar-refractivity contribution is -0.133. The van der Waals surface area contributed by atoms with Crippen LogP contribution in [0.4, 0.5) is 4.39 Å². The van der Waals surface area contributed by atoms with Crippen LogP contribution in [0.25, 0.3) is 0 Å². The lowest BCUT2D eigenvalue weighted by Crippen LogP contribution is -2.43. The number of likely N-dealkylation sites (N-methyl/N-ethyl adjacent to an activating group) is 1. The van der Waals surface area contributed by atoms with Crippen LogP contribution in [0.15, 0.2) is 35.7 Å². The summed E-state index contributed by atoms with van der Waals surface area (Å²) in [5, 5.41) is 2.15. The van der Waals surface area contributed by atoms with Gasteiger partial charge in [-0.15, -0.1) is 11.3 Å². The van der Waals surface area contributed by atoms with Crippen molar-refractivity contribution in [3.05, 3.63) is 57.5 Å². The maximum absolute atomic E-state index is 13.1. The molecule has 1 amide bonds. The van der Waals surface area contributed by atoms with E-state index in [-0.39, 0.29) is 17.8 Å². The summed E-state index contributed by atoms with van der Waals surface area (Å²) in [7, 11) is 1.83. The molecule has 0 spiro atoms. The minimum atomic E-state index is -0.254. The highest BCUT2D eigenvalue weighted by atomic mass is 32.1. The Kier molecular flexibility index (Phi) is 5.54. The number of nitrogens with zero attached hydrogens (tertiary/aromatic N) is 2. The summed E-state index contributed by atoms with van der Waals surface area (Å²) in [5.74, 6) is -0.149. The van der Waals surface area contributed by atoms with Gasteiger partial charge in [0.2, 0.25) is 5.91 Å². The fourth-order valence-electron chi connectivity index (χ4n) is 3.58. The molecular formula is C20H25FN2OS. The summed E-state index contributed by atoms with van der Waals surface area (Å²) in [5.41, 5.74) is 2.34. The summed E-state index contributed by atoms with van der Waals surface area (Å²) < 4.78 is 13.1. The van der Waals surface area contributed by atoms with Gasteiger partial charge in [0.1, 0.15) is 5.82 Å². The zero-order valence-electron chi connectivity index (χ0n) is 15.0. The maximum Gasteiger partial charge on any atom is 0.237 e. The third-order valence-electron chi connectivity index (χ3n) is 5.26. The quantitative estimate of drug-likeness (QED) is 0.788. The van der Waals surface area contributed by atoms with Crippen molar-refractivity contribution < 1.29 is 9.18 Å². The molecule has 0 unspecified atom stereocenters. The second kappa shape index (κ2) is 7.67. The number of carbonyl (C=O) groups is 1. The Morgan fingerprint density at radius 1 is 1.36 bits per heavy atom. The average molecular weight is 360 g/mol. The monoisotopic (exact) mass is 360 g/mol. The minimum absolute atomic E-state index is 0.0744. The van der Waals surface area contributed by atoms with Crippen molar-refractivity contribution in [1.29, 1.82) is 0 Å². The molecule has 0 fully saturated rings. The number of thiophene rings is 1. The van der Waals surface area contributed by atoms with Crippen molar-refractivity contribution in [3.63, 3.8) is 0 Å². The number of amides is 1. The van der Waals surface area contributed by atoms with Crippen LogP contribution in [-0.2, 0) is 11.2 Å². The Bertz CT molecular complexity index is 728. The summed E-state index contributed by atoms with van der Waals surface area (Å²) in [6.07, 6.45) is 2.03. The lowest BCUT2D eigenvalue weighted by atomic mass is 9.98. The van der Waals surface area contributed by atoms with E-state index in [9.17, 15) is 9.18 Å². The van der Waals surface area contributed by atoms with Crippen LogP contribution >= 0.6 is 11.3 Å². The molecule has 5 heteroatoms. The first-order valence-corrected chi connectivity index (χ1v) is 9.70. The van der Waals surface area contributed by atoms with E-state index in [0.717, 1.165) is 24.9 Å². The van der Waals surface area contributed by atoms with E-state index in [1.165, 1.54) is 22.6 Å². The van der Waals surface area contributed by atoms with Crippen LogP contribution in [0.1, 0.15) is 48.4 Å². The molecule has 0 saturated carbocycles. The van der Waals surface area contributed by atoms with Crippen LogP contribution in [0.3, 0.4) is 0 Å². The molecule has 25 heavy (non-hydrogen) atoms. The average Bonchev–Trinajstić information content (AvgIpc) is 3.09. The van der Waals surface area contributed by atoms with Gasteiger partial charge < -0.3 is 4.90 Å². The second-order valence-electron chi connectivity index (χ2n) is 6.68. The van der Waals surface area contributed by atoms with E-state index in [1.54, 1.807) is 17.0 Å². The number of carbonyl (C=O) groups excluding carboxylic acids is 1. The molecule has 3 nitrogen and oxygen atoms in total. The molecule has 1 aromatic carbocycles. The van der Waals surface area contributed by atoms with Crippen LogP contribution in [0, 0.1) is 5.82 Å². The molecule has 0 bridgehead atoms. The van der Waals surface area contributed by atoms with E-state index in [4.69, 9.17) is 0 Å². The molecule has 1 aliphatic heterocycles. The molecular weight excluding hydrogens is 335 g/mol. The van der Waals surface area contributed by atoms with Gasteiger partial charge in [-0.2, -0.15) is 0 Å². The van der Waals surface area contributed by atoms with Crippen LogP contribution in [0.2, 0.25) is 0 Å². The van der Waals surface area contributed by atoms with Gasteiger partial charge in [0.25, 0.3) is 0 Å². The summed E-state index contributed by atoms with van der Waals surface area (Å²) in [6.45, 7) is 5.52. The fraction of sp³-hybridized carbons (Fsp3) is 0.450. The van der Waals surface area contributed by atoms with Crippen molar-refractivity contribution in [1.82, 2.24) is 9.80 Å². The van der Waals surface area contributed by atoms with E-state index in [2.05, 4.69) is 23.3 Å². The van der Waals surface area contributed by atoms with Crippen LogP contribution in [-0.4, -0.2) is 35.8 Å². The summed E-state index contributed by atoms with van der Waals surface area (Å²) >= 11 is 1.82. The van der Waals surface area contributed by atoms with Crippen molar-refractivity contribution >= 4 is 17.2 Å². The standard InChI is InChI=1S/C20H25FN2OS/c1-4-18-17-10-12-25-19(17)9-11-23(18)13-20(24)22(3)14(2)15-5-7-16(21)8-6-15/h5-8,10,12,14,18H,4,9,11,13H2,1-3H3/t14-,18+/m1/s1. The number of rotatable bonds is 5. The first-order valence-electron chi connectivity index (χ1n) is 8.82. The number of benzene rings is 1. The molecule has 134 valence electrons. The van der Waals surface area contributed by atoms with Gasteiger partial charge in [0.05, 0.1) is 12.6 Å². The Labute approximate surface area is 153 Å². The van der Waals surface area contributed by atoms with Crippen molar-refractivity contribution in [2.24, 2.45) is 0 Å². The van der Waals surface area contributed by atoms with E-state index >= 15 is 0 Å². The fourth-order valence-corrected chi connectivity index (χ4v) is 4.51. The molecule has 0 radical (unpaired) electrons. The van der Waals surface area contributed by atoms with Gasteiger partial charge >= 0.3 is 0 Å². The molecule has 0 saturated heterocycles. The third kappa shape index (κ3) is 3.77. The highest BCUT2D eigenvalue weighted by Gasteiger charge is 2.29. The van der Waals surface area contributed by atoms with Crippen molar-refractivity contribution in [2.45, 2.75) is 38.8 Å². The van der Waals surface area contributed by atoms with Crippen LogP contribution < -0.4 is 0 Å². The predicted octanol–water partition coefficient (Wildman–Crippen LogP) is 4.42. The van der Waals surface area contributed by atoms with Gasteiger partial charge in [-0.1, -0.05) is 19.1 Å². The van der Waals surface area contributed by atoms with E-state index in [1.807, 2.05) is 25.3 Å². The maximum atomic E-state index is 13.1. The Morgan fingerprint density at radius 2 is 2.08 bits per heavy atom. The zero-order valence-corrected chi connectivity index (χ0v) is 15.9. The first kappa shape index (κ1) is 18.1. The van der Waals surface area contributed by atoms with Crippen molar-refractivity contribution in [2.75, 3.05) is 20.1 Å². The van der Waals surface area contributed by atoms with Gasteiger partial charge in [0.15, 0.2) is 0 Å². The predicted molar refractivity (Wildman–Crippen MR) is 100 cm³/mol. The number of halogens is 1. The number of hydrogen-bond acceptors (Lipinski definition) is 3. The molecule has 1 aromatic heterocycles. The SMILES string of the molecule is CC[C@H]1c2ccsc2CCN1CC(=O)N(C)[C@H](C)c1ccc(F)cc1. The highest BCUT2D eigenvalue weighted by Crippen LogP contribution is 2.35. The topological polar surface area (TPSA) is 23.6 Å². The van der Waals surface area contributed by atoms with E-state index in [0.29, 0.717) is 12.6 Å². The van der Waals surface area contributed by atoms with Gasteiger partial charge in [-0.05, 0) is 54.5 Å². The molecule has 3 rings (SSSR count). The summed E-state index contributed by atoms with van der Waals surface area (Å²) in [6, 6.07) is 8.84. The molecule has 2 atom stereocenters. The number of fused-ring (bicyclic) bond motifs is 1.